The second-order valence-electron chi connectivity index (χ2n) is 11.3. The molecule has 0 aliphatic rings. The summed E-state index contributed by atoms with van der Waals surface area (Å²) in [5.74, 6) is 0. The summed E-state index contributed by atoms with van der Waals surface area (Å²) in [5, 5.41) is 0. The van der Waals surface area contributed by atoms with E-state index in [9.17, 15) is 19.2 Å². The number of aromatic nitrogens is 8. The van der Waals surface area contributed by atoms with E-state index in [0.29, 0.717) is 46.5 Å². The predicted molar refractivity (Wildman–Crippen MR) is 174 cm³/mol. The Bertz CT molecular complexity index is 2290. The first kappa shape index (κ1) is 28.7. The van der Waals surface area contributed by atoms with Crippen LogP contribution in [0.4, 0.5) is 0 Å². The lowest BCUT2D eigenvalue weighted by molar-refractivity contribution is 0.648. The van der Waals surface area contributed by atoms with Crippen LogP contribution in [-0.2, 0) is 40.3 Å². The van der Waals surface area contributed by atoms with Gasteiger partial charge in [0.1, 0.15) is 0 Å². The van der Waals surface area contributed by atoms with E-state index in [0.717, 1.165) is 11.1 Å². The molecule has 0 atom stereocenters. The number of rotatable bonds is 8. The fourth-order valence-corrected chi connectivity index (χ4v) is 5.84. The van der Waals surface area contributed by atoms with Crippen molar-refractivity contribution in [1.29, 1.82) is 0 Å². The normalized spacial score (nSPS) is 11.5. The maximum atomic E-state index is 13.6. The third-order valence-electron chi connectivity index (χ3n) is 8.30. The van der Waals surface area contributed by atoms with Gasteiger partial charge in [-0.3, -0.25) is 27.9 Å². The number of hydrogen-bond acceptors (Lipinski definition) is 6. The molecule has 46 heavy (non-hydrogen) atoms. The van der Waals surface area contributed by atoms with Crippen molar-refractivity contribution in [3.63, 3.8) is 0 Å². The van der Waals surface area contributed by atoms with Crippen molar-refractivity contribution in [3.8, 4) is 0 Å². The molecular weight excluding hydrogens is 584 g/mol. The molecular formula is C34H30N8O4. The number of imidazole rings is 2. The Hall–Kier alpha value is -6.04. The molecule has 0 spiro atoms. The SMILES string of the molecule is Cn1c(=O)n(Cc2ccc(Cn3c(=O)c4c(ncn4Cc4ccccc4)n(C)c3=O)cc2)c(=O)c2c1ncn2Cc1ccccc1. The van der Waals surface area contributed by atoms with E-state index in [2.05, 4.69) is 9.97 Å². The molecule has 4 aromatic heterocycles. The highest BCUT2D eigenvalue weighted by Crippen LogP contribution is 2.13. The van der Waals surface area contributed by atoms with E-state index in [-0.39, 0.29) is 13.1 Å². The van der Waals surface area contributed by atoms with Crippen molar-refractivity contribution < 1.29 is 0 Å². The number of aryl methyl sites for hydroxylation is 2. The number of fused-ring (bicyclic) bond motifs is 2. The van der Waals surface area contributed by atoms with Gasteiger partial charge in [-0.1, -0.05) is 84.9 Å². The molecule has 4 heterocycles. The van der Waals surface area contributed by atoms with Crippen LogP contribution in [0.1, 0.15) is 22.3 Å². The molecule has 12 nitrogen and oxygen atoms in total. The molecule has 0 aliphatic heterocycles. The van der Waals surface area contributed by atoms with E-state index >= 15 is 0 Å². The van der Waals surface area contributed by atoms with Crippen LogP contribution in [0, 0.1) is 0 Å². The average Bonchev–Trinajstić information content (AvgIpc) is 3.69. The fraction of sp³-hybridized carbons (Fsp3) is 0.176. The van der Waals surface area contributed by atoms with E-state index < -0.39 is 22.5 Å². The van der Waals surface area contributed by atoms with E-state index in [4.69, 9.17) is 0 Å². The molecule has 230 valence electrons. The summed E-state index contributed by atoms with van der Waals surface area (Å²) in [4.78, 5) is 62.4. The molecule has 0 saturated heterocycles. The summed E-state index contributed by atoms with van der Waals surface area (Å²) in [6, 6.07) is 26.6. The zero-order chi connectivity index (χ0) is 31.9. The van der Waals surface area contributed by atoms with Crippen LogP contribution in [0.5, 0.6) is 0 Å². The minimum atomic E-state index is -0.470. The smallest absolute Gasteiger partial charge is 0.320 e. The molecule has 0 amide bonds. The molecule has 0 unspecified atom stereocenters. The van der Waals surface area contributed by atoms with Crippen molar-refractivity contribution in [3.05, 3.63) is 162 Å². The maximum Gasteiger partial charge on any atom is 0.332 e. The largest absolute Gasteiger partial charge is 0.332 e. The van der Waals surface area contributed by atoms with Gasteiger partial charge in [-0.15, -0.1) is 0 Å². The molecule has 0 fully saturated rings. The highest BCUT2D eigenvalue weighted by molar-refractivity contribution is 5.71. The van der Waals surface area contributed by atoms with Crippen LogP contribution in [0.2, 0.25) is 0 Å². The zero-order valence-corrected chi connectivity index (χ0v) is 25.3. The third kappa shape index (κ3) is 4.99. The Morgan fingerprint density at radius 1 is 0.478 bits per heavy atom. The van der Waals surface area contributed by atoms with E-state index in [1.807, 2.05) is 60.7 Å². The highest BCUT2D eigenvalue weighted by Gasteiger charge is 2.18. The van der Waals surface area contributed by atoms with Crippen molar-refractivity contribution >= 4 is 22.3 Å². The topological polar surface area (TPSA) is 124 Å². The minimum Gasteiger partial charge on any atom is -0.320 e. The third-order valence-corrected chi connectivity index (χ3v) is 8.30. The summed E-state index contributed by atoms with van der Waals surface area (Å²) in [6.45, 7) is 0.976. The predicted octanol–water partition coefficient (Wildman–Crippen LogP) is 2.30. The number of benzene rings is 3. The van der Waals surface area contributed by atoms with Gasteiger partial charge in [0.2, 0.25) is 0 Å². The molecule has 12 heteroatoms. The number of nitrogens with zero attached hydrogens (tertiary/aromatic N) is 8. The Kier molecular flexibility index (Phi) is 7.16. The Morgan fingerprint density at radius 3 is 1.20 bits per heavy atom. The fourth-order valence-electron chi connectivity index (χ4n) is 5.84. The lowest BCUT2D eigenvalue weighted by Crippen LogP contribution is -2.40. The van der Waals surface area contributed by atoms with Gasteiger partial charge in [0.15, 0.2) is 22.3 Å². The second-order valence-corrected chi connectivity index (χ2v) is 11.3. The van der Waals surface area contributed by atoms with Gasteiger partial charge in [0, 0.05) is 27.2 Å². The van der Waals surface area contributed by atoms with Gasteiger partial charge in [-0.05, 0) is 22.3 Å². The second kappa shape index (κ2) is 11.5. The Balaban J connectivity index is 1.19. The quantitative estimate of drug-likeness (QED) is 0.259. The molecule has 3 aromatic carbocycles. The summed E-state index contributed by atoms with van der Waals surface area (Å²) in [6.07, 6.45) is 3.16. The molecule has 0 aliphatic carbocycles. The summed E-state index contributed by atoms with van der Waals surface area (Å²) >= 11 is 0. The molecule has 7 aromatic rings. The van der Waals surface area contributed by atoms with Crippen LogP contribution in [0.15, 0.2) is 117 Å². The highest BCUT2D eigenvalue weighted by atomic mass is 16.2. The zero-order valence-electron chi connectivity index (χ0n) is 25.3. The van der Waals surface area contributed by atoms with Crippen LogP contribution in [-0.4, -0.2) is 37.4 Å². The summed E-state index contributed by atoms with van der Waals surface area (Å²) in [7, 11) is 3.20. The van der Waals surface area contributed by atoms with Gasteiger partial charge in [-0.2, -0.15) is 0 Å². The lowest BCUT2D eigenvalue weighted by atomic mass is 10.1. The Morgan fingerprint density at radius 2 is 0.826 bits per heavy atom. The van der Waals surface area contributed by atoms with Crippen LogP contribution in [0.3, 0.4) is 0 Å². The first-order valence-corrected chi connectivity index (χ1v) is 14.7. The molecule has 0 N–H and O–H groups in total. The van der Waals surface area contributed by atoms with Crippen LogP contribution in [0.25, 0.3) is 22.3 Å². The van der Waals surface area contributed by atoms with Gasteiger partial charge in [-0.25, -0.2) is 19.6 Å². The maximum absolute atomic E-state index is 13.6. The lowest BCUT2D eigenvalue weighted by Gasteiger charge is -2.12. The van der Waals surface area contributed by atoms with Crippen molar-refractivity contribution in [2.75, 3.05) is 0 Å². The minimum absolute atomic E-state index is 0.0462. The average molecular weight is 615 g/mol. The molecule has 0 bridgehead atoms. The van der Waals surface area contributed by atoms with Gasteiger partial charge >= 0.3 is 11.4 Å². The van der Waals surface area contributed by atoms with E-state index in [1.54, 1.807) is 60.1 Å². The summed E-state index contributed by atoms with van der Waals surface area (Å²) in [5.41, 5.74) is 3.00. The van der Waals surface area contributed by atoms with Crippen molar-refractivity contribution in [2.45, 2.75) is 26.2 Å². The van der Waals surface area contributed by atoms with E-state index in [1.165, 1.54) is 18.3 Å². The standard InChI is InChI=1S/C34H30N8O4/c1-37-29-27(39(21-35-29)17-23-9-5-3-6-10-23)31(43)41(33(37)45)19-25-13-15-26(16-14-25)20-42-32(44)28-30(38(2)34(42)46)36-22-40(28)18-24-11-7-4-8-12-24/h3-16,21-22H,17-20H2,1-2H3. The summed E-state index contributed by atoms with van der Waals surface area (Å²) < 4.78 is 8.67. The molecule has 7 rings (SSSR count). The van der Waals surface area contributed by atoms with Gasteiger partial charge in [0.25, 0.3) is 11.1 Å². The molecule has 0 radical (unpaired) electrons. The number of hydrogen-bond donors (Lipinski definition) is 0. The Labute approximate surface area is 261 Å². The molecule has 0 saturated carbocycles. The van der Waals surface area contributed by atoms with Crippen LogP contribution < -0.4 is 22.5 Å². The van der Waals surface area contributed by atoms with Gasteiger partial charge < -0.3 is 9.13 Å². The monoisotopic (exact) mass is 614 g/mol. The van der Waals surface area contributed by atoms with Gasteiger partial charge in [0.05, 0.1) is 25.7 Å². The van der Waals surface area contributed by atoms with Crippen LogP contribution >= 0.6 is 0 Å². The van der Waals surface area contributed by atoms with Crippen molar-refractivity contribution in [2.24, 2.45) is 14.1 Å². The first-order valence-electron chi connectivity index (χ1n) is 14.7. The first-order chi connectivity index (χ1) is 22.3. The van der Waals surface area contributed by atoms with Crippen molar-refractivity contribution in [1.82, 2.24) is 37.4 Å².